The molecule has 0 aliphatic carbocycles. The van der Waals surface area contributed by atoms with Crippen molar-refractivity contribution >= 4 is 21.6 Å². The molecule has 0 saturated carbocycles. The third kappa shape index (κ3) is 2.44. The molecule has 3 atom stereocenters. The van der Waals surface area contributed by atoms with Gasteiger partial charge in [0.2, 0.25) is 5.88 Å². The van der Waals surface area contributed by atoms with Gasteiger partial charge in [-0.05, 0) is 5.38 Å². The largest absolute Gasteiger partial charge is 0.480 e. The minimum Gasteiger partial charge on any atom is -0.480 e. The number of aliphatic hydroxyl groups is 2. The summed E-state index contributed by atoms with van der Waals surface area (Å²) in [6.07, 6.45) is -1.13. The Morgan fingerprint density at radius 1 is 1.38 bits per heavy atom. The summed E-state index contributed by atoms with van der Waals surface area (Å²) in [4.78, 5) is 8.50. The van der Waals surface area contributed by atoms with Gasteiger partial charge in [0.25, 0.3) is 0 Å². The maximum Gasteiger partial charge on any atom is 0.320 e. The molecule has 2 aromatic heterocycles. The average Bonchev–Trinajstić information content (AvgIpc) is 3.08. The average molecular weight is 312 g/mol. The van der Waals surface area contributed by atoms with E-state index < -0.39 is 12.2 Å². The smallest absolute Gasteiger partial charge is 0.320 e. The highest BCUT2D eigenvalue weighted by Crippen LogP contribution is 2.41. The van der Waals surface area contributed by atoms with Crippen molar-refractivity contribution in [1.29, 1.82) is 0 Å². The van der Waals surface area contributed by atoms with Gasteiger partial charge < -0.3 is 24.4 Å². The summed E-state index contributed by atoms with van der Waals surface area (Å²) in [6, 6.07) is 0.219. The molecule has 1 fully saturated rings. The number of hydrogen-bond acceptors (Lipinski definition) is 8. The molecule has 114 valence electrons. The van der Waals surface area contributed by atoms with Crippen molar-refractivity contribution in [1.82, 2.24) is 9.97 Å². The SMILES string of the molecule is COc1nc(OC)c2scc([C@H]3C[C@H](O)[C@@H](CO)O3)c2n1. The lowest BCUT2D eigenvalue weighted by Gasteiger charge is -2.11. The molecule has 0 amide bonds. The van der Waals surface area contributed by atoms with Gasteiger partial charge in [0.05, 0.1) is 38.6 Å². The Labute approximate surface area is 125 Å². The van der Waals surface area contributed by atoms with E-state index in [1.807, 2.05) is 5.38 Å². The molecule has 21 heavy (non-hydrogen) atoms. The Bertz CT molecular complexity index is 647. The Morgan fingerprint density at radius 2 is 2.19 bits per heavy atom. The molecule has 0 radical (unpaired) electrons. The highest BCUT2D eigenvalue weighted by Gasteiger charge is 2.36. The Hall–Kier alpha value is -1.48. The molecule has 0 aromatic carbocycles. The Morgan fingerprint density at radius 3 is 2.81 bits per heavy atom. The fourth-order valence-corrected chi connectivity index (χ4v) is 3.45. The first-order valence-electron chi connectivity index (χ1n) is 6.49. The van der Waals surface area contributed by atoms with Crippen LogP contribution in [0.15, 0.2) is 5.38 Å². The van der Waals surface area contributed by atoms with Crippen molar-refractivity contribution in [3.05, 3.63) is 10.9 Å². The second kappa shape index (κ2) is 5.72. The van der Waals surface area contributed by atoms with Crippen molar-refractivity contribution in [3.8, 4) is 11.9 Å². The van der Waals surface area contributed by atoms with Crippen LogP contribution in [0.25, 0.3) is 10.2 Å². The first-order valence-corrected chi connectivity index (χ1v) is 7.37. The van der Waals surface area contributed by atoms with Crippen LogP contribution in [-0.4, -0.2) is 53.2 Å². The monoisotopic (exact) mass is 312 g/mol. The number of rotatable bonds is 4. The first kappa shape index (κ1) is 14.5. The first-order chi connectivity index (χ1) is 10.2. The lowest BCUT2D eigenvalue weighted by molar-refractivity contribution is -0.0221. The molecular formula is C13H16N2O5S. The lowest BCUT2D eigenvalue weighted by Crippen LogP contribution is -2.24. The molecule has 3 heterocycles. The molecule has 8 heteroatoms. The summed E-state index contributed by atoms with van der Waals surface area (Å²) in [5.74, 6) is 0.449. The van der Waals surface area contributed by atoms with Crippen LogP contribution in [0.2, 0.25) is 0 Å². The lowest BCUT2D eigenvalue weighted by atomic mass is 10.1. The number of methoxy groups -OCH3 is 2. The van der Waals surface area contributed by atoms with Crippen molar-refractivity contribution < 1.29 is 24.4 Å². The van der Waals surface area contributed by atoms with Crippen molar-refractivity contribution in [2.75, 3.05) is 20.8 Å². The highest BCUT2D eigenvalue weighted by molar-refractivity contribution is 7.17. The predicted octanol–water partition coefficient (Wildman–Crippen LogP) is 0.892. The predicted molar refractivity (Wildman–Crippen MR) is 75.8 cm³/mol. The van der Waals surface area contributed by atoms with E-state index in [9.17, 15) is 10.2 Å². The quantitative estimate of drug-likeness (QED) is 0.866. The highest BCUT2D eigenvalue weighted by atomic mass is 32.1. The third-order valence-corrected chi connectivity index (χ3v) is 4.49. The van der Waals surface area contributed by atoms with Gasteiger partial charge in [-0.15, -0.1) is 11.3 Å². The van der Waals surface area contributed by atoms with Gasteiger partial charge in [-0.25, -0.2) is 0 Å². The summed E-state index contributed by atoms with van der Waals surface area (Å²) in [5, 5.41) is 21.0. The molecule has 1 aliphatic heterocycles. The second-order valence-electron chi connectivity index (χ2n) is 4.74. The fourth-order valence-electron chi connectivity index (χ4n) is 2.44. The Kier molecular flexibility index (Phi) is 3.94. The minimum absolute atomic E-state index is 0.207. The number of hydrogen-bond donors (Lipinski definition) is 2. The molecule has 2 N–H and O–H groups in total. The number of thiophene rings is 1. The number of ether oxygens (including phenoxy) is 3. The number of aliphatic hydroxyl groups excluding tert-OH is 2. The van der Waals surface area contributed by atoms with Crippen molar-refractivity contribution in [3.63, 3.8) is 0 Å². The van der Waals surface area contributed by atoms with E-state index in [-0.39, 0.29) is 18.7 Å². The Balaban J connectivity index is 2.04. The zero-order chi connectivity index (χ0) is 15.0. The van der Waals surface area contributed by atoms with E-state index in [1.165, 1.54) is 25.6 Å². The normalized spacial score (nSPS) is 25.4. The van der Waals surface area contributed by atoms with E-state index in [2.05, 4.69) is 9.97 Å². The van der Waals surface area contributed by atoms with Gasteiger partial charge in [-0.3, -0.25) is 0 Å². The summed E-state index contributed by atoms with van der Waals surface area (Å²) in [6.45, 7) is -0.207. The van der Waals surface area contributed by atoms with E-state index in [4.69, 9.17) is 14.2 Å². The number of nitrogens with zero attached hydrogens (tertiary/aromatic N) is 2. The zero-order valence-electron chi connectivity index (χ0n) is 11.6. The van der Waals surface area contributed by atoms with E-state index >= 15 is 0 Å². The summed E-state index contributed by atoms with van der Waals surface area (Å²) in [7, 11) is 3.03. The van der Waals surface area contributed by atoms with Crippen molar-refractivity contribution in [2.45, 2.75) is 24.7 Å². The third-order valence-electron chi connectivity index (χ3n) is 3.52. The summed E-state index contributed by atoms with van der Waals surface area (Å²) >= 11 is 1.45. The molecule has 1 aliphatic rings. The van der Waals surface area contributed by atoms with Gasteiger partial charge in [-0.2, -0.15) is 9.97 Å². The standard InChI is InChI=1S/C13H16N2O5S/c1-18-12-11-10(14-13(15-12)19-2)6(5-21-11)8-3-7(17)9(4-16)20-8/h5,7-9,16-17H,3-4H2,1-2H3/t7-,8+,9+/m0/s1. The fraction of sp³-hybridized carbons (Fsp3) is 0.538. The van der Waals surface area contributed by atoms with Crippen LogP contribution in [0.5, 0.6) is 11.9 Å². The molecule has 0 spiro atoms. The van der Waals surface area contributed by atoms with E-state index in [0.29, 0.717) is 17.8 Å². The molecule has 2 aromatic rings. The van der Waals surface area contributed by atoms with Gasteiger partial charge in [0.1, 0.15) is 10.8 Å². The number of aromatic nitrogens is 2. The van der Waals surface area contributed by atoms with Gasteiger partial charge in [0.15, 0.2) is 0 Å². The van der Waals surface area contributed by atoms with Gasteiger partial charge >= 0.3 is 6.01 Å². The molecule has 1 saturated heterocycles. The molecule has 0 unspecified atom stereocenters. The van der Waals surface area contributed by atoms with Crippen LogP contribution >= 0.6 is 11.3 Å². The van der Waals surface area contributed by atoms with Crippen LogP contribution in [0.4, 0.5) is 0 Å². The van der Waals surface area contributed by atoms with Crippen LogP contribution in [0.1, 0.15) is 18.1 Å². The molecule has 0 bridgehead atoms. The van der Waals surface area contributed by atoms with E-state index in [0.717, 1.165) is 10.3 Å². The van der Waals surface area contributed by atoms with Crippen LogP contribution in [-0.2, 0) is 4.74 Å². The summed E-state index contributed by atoms with van der Waals surface area (Å²) < 4.78 is 16.8. The van der Waals surface area contributed by atoms with Crippen LogP contribution in [0, 0.1) is 0 Å². The molecule has 3 rings (SSSR count). The number of fused-ring (bicyclic) bond motifs is 1. The topological polar surface area (TPSA) is 93.9 Å². The zero-order valence-corrected chi connectivity index (χ0v) is 12.5. The van der Waals surface area contributed by atoms with Gasteiger partial charge in [0, 0.05) is 12.0 Å². The van der Waals surface area contributed by atoms with E-state index in [1.54, 1.807) is 0 Å². The van der Waals surface area contributed by atoms with Crippen LogP contribution in [0.3, 0.4) is 0 Å². The maximum atomic E-state index is 9.87. The maximum absolute atomic E-state index is 9.87. The second-order valence-corrected chi connectivity index (χ2v) is 5.62. The summed E-state index contributed by atoms with van der Waals surface area (Å²) in [5.41, 5.74) is 1.54. The molecule has 7 nitrogen and oxygen atoms in total. The van der Waals surface area contributed by atoms with Crippen LogP contribution < -0.4 is 9.47 Å². The molecular weight excluding hydrogens is 296 g/mol. The minimum atomic E-state index is -0.680. The van der Waals surface area contributed by atoms with Crippen molar-refractivity contribution in [2.24, 2.45) is 0 Å². The van der Waals surface area contributed by atoms with Gasteiger partial charge in [-0.1, -0.05) is 0 Å².